The summed E-state index contributed by atoms with van der Waals surface area (Å²) < 4.78 is 22.3. The fraction of sp³-hybridized carbons (Fsp3) is 0.333. The number of thiophene rings is 3. The Hall–Kier alpha value is -2.97. The number of hydrogen-bond donors (Lipinski definition) is 1. The number of nitro benzene ring substituents is 1. The van der Waals surface area contributed by atoms with Crippen LogP contribution >= 0.6 is 74.5 Å². The number of nitro groups is 1. The van der Waals surface area contributed by atoms with Crippen LogP contribution in [-0.4, -0.2) is 34.3 Å². The summed E-state index contributed by atoms with van der Waals surface area (Å²) in [6.45, 7) is 24.1. The molecule has 5 heterocycles. The first-order valence-electron chi connectivity index (χ1n) is 19.7. The van der Waals surface area contributed by atoms with Crippen LogP contribution in [0.3, 0.4) is 0 Å². The quantitative estimate of drug-likeness (QED) is 0.0930. The summed E-state index contributed by atoms with van der Waals surface area (Å²) in [4.78, 5) is 18.8. The molecule has 0 bridgehead atoms. The van der Waals surface area contributed by atoms with Crippen LogP contribution in [0, 0.1) is 37.8 Å². The fourth-order valence-corrected chi connectivity index (χ4v) is 10.4. The van der Waals surface area contributed by atoms with Crippen molar-refractivity contribution in [1.82, 2.24) is 9.55 Å². The molecule has 318 valence electrons. The van der Waals surface area contributed by atoms with Crippen molar-refractivity contribution in [2.24, 2.45) is 7.05 Å². The maximum absolute atomic E-state index is 10.9. The second-order valence-electron chi connectivity index (χ2n) is 12.4. The normalized spacial score (nSPS) is 10.6. The van der Waals surface area contributed by atoms with E-state index in [1.807, 2.05) is 96.3 Å². The maximum Gasteiger partial charge on any atom is 0.332 e. The van der Waals surface area contributed by atoms with Gasteiger partial charge < -0.3 is 23.1 Å². The Labute approximate surface area is 379 Å². The van der Waals surface area contributed by atoms with Crippen LogP contribution in [0.15, 0.2) is 87.8 Å². The summed E-state index contributed by atoms with van der Waals surface area (Å²) in [5, 5.41) is 13.6. The molecule has 8 rings (SSSR count). The van der Waals surface area contributed by atoms with Gasteiger partial charge in [-0.05, 0) is 109 Å². The number of hydrogen-bond acceptors (Lipinski definition) is 8. The first kappa shape index (κ1) is 50.4. The molecule has 0 saturated heterocycles. The summed E-state index contributed by atoms with van der Waals surface area (Å²) >= 11 is 12.0. The molecule has 0 amide bonds. The van der Waals surface area contributed by atoms with Crippen LogP contribution in [0.4, 0.5) is 5.69 Å². The van der Waals surface area contributed by atoms with Crippen LogP contribution in [-0.2, 0) is 20.6 Å². The predicted octanol–water partition coefficient (Wildman–Crippen LogP) is 17.2. The summed E-state index contributed by atoms with van der Waals surface area (Å²) in [7, 11) is 1.09. The van der Waals surface area contributed by atoms with Crippen LogP contribution in [0.2, 0.25) is 0 Å². The Balaban J connectivity index is 0.000000207. The van der Waals surface area contributed by atoms with Gasteiger partial charge in [-0.1, -0.05) is 77.8 Å². The van der Waals surface area contributed by atoms with Crippen molar-refractivity contribution < 1.29 is 18.5 Å². The van der Waals surface area contributed by atoms with Gasteiger partial charge in [0.05, 0.1) is 50.7 Å². The van der Waals surface area contributed by atoms with Gasteiger partial charge in [0, 0.05) is 63.4 Å². The molecule has 14 heteroatoms. The van der Waals surface area contributed by atoms with Crippen molar-refractivity contribution in [3.8, 4) is 10.4 Å². The van der Waals surface area contributed by atoms with Crippen molar-refractivity contribution >= 4 is 122 Å². The average Bonchev–Trinajstić information content (AvgIpc) is 4.03. The number of H-pyrrole nitrogens is 1. The average molecular weight is 1010 g/mol. The minimum absolute atomic E-state index is 0.135. The molecule has 1 N–H and O–H groups in total. The first-order valence-corrected chi connectivity index (χ1v) is 24.8. The van der Waals surface area contributed by atoms with Gasteiger partial charge in [0.1, 0.15) is 0 Å². The molecule has 8 nitrogen and oxygen atoms in total. The topological polar surface area (TPSA) is 91.6 Å². The summed E-state index contributed by atoms with van der Waals surface area (Å²) in [5.74, 6) is 0. The Morgan fingerprint density at radius 1 is 0.661 bits per heavy atom. The lowest BCUT2D eigenvalue weighted by Gasteiger charge is -2.12. The molecule has 0 aliphatic heterocycles. The molecule has 0 atom stereocenters. The summed E-state index contributed by atoms with van der Waals surface area (Å²) in [6, 6.07) is 26.5. The highest BCUT2D eigenvalue weighted by Crippen LogP contribution is 2.39. The van der Waals surface area contributed by atoms with E-state index in [2.05, 4.69) is 118 Å². The molecular weight excluding hydrogens is 949 g/mol. The van der Waals surface area contributed by atoms with E-state index in [1.54, 1.807) is 17.4 Å². The number of benzene rings is 3. The van der Waals surface area contributed by atoms with Gasteiger partial charge in [0.2, 0.25) is 0 Å². The highest BCUT2D eigenvalue weighted by atomic mass is 79.9. The van der Waals surface area contributed by atoms with E-state index >= 15 is 0 Å². The lowest BCUT2D eigenvalue weighted by Crippen LogP contribution is -1.94. The molecule has 0 aliphatic carbocycles. The zero-order valence-corrected chi connectivity index (χ0v) is 42.5. The zero-order valence-electron chi connectivity index (χ0n) is 36.0. The Bertz CT molecular complexity index is 2520. The number of nitrogens with one attached hydrogen (secondary N) is 1. The molecule has 8 aromatic rings. The van der Waals surface area contributed by atoms with E-state index in [1.165, 1.54) is 63.6 Å². The number of aromatic amines is 1. The number of rotatable bonds is 8. The highest BCUT2D eigenvalue weighted by Gasteiger charge is 2.17. The standard InChI is InChI=1S/C13H13NS.C11H8BrNO2S.C11H8BrNS.C6H15O3P.2C2H6/c1-8-4-5-10-11(6-8)14(3)12-7-9(2)15-13(10)12;1-7-2-5-11(16-7)9-4-3-8(12)6-10(9)13(14)15;1-6-4-10-11(14-6)8-3-2-7(12)5-9(8)13-10;1-4-7-10(8-5-2)9-6-3;2*1-2/h4-7H,1-3H3;2-6H,1H3;2-5,13H,1H3;4-6H2,1-3H3;2*1-2H3. The van der Waals surface area contributed by atoms with E-state index in [-0.39, 0.29) is 10.6 Å². The Kier molecular flexibility index (Phi) is 21.4. The SMILES string of the molecule is CC.CC.CCOP(OCC)OCC.Cc1cc2[nH]c3cc(Br)ccc3c2s1.Cc1ccc(-c2ccc(Br)cc2[N+](=O)[O-])s1.Cc1ccc2c3sc(C)cc3n(C)c2c1. The minimum Gasteiger partial charge on any atom is -0.354 e. The minimum atomic E-state index is -1.06. The van der Waals surface area contributed by atoms with E-state index in [9.17, 15) is 10.1 Å². The third-order valence-corrected chi connectivity index (χ3v) is 13.8. The lowest BCUT2D eigenvalue weighted by atomic mass is 10.1. The molecule has 0 saturated carbocycles. The van der Waals surface area contributed by atoms with Crippen molar-refractivity contribution in [1.29, 1.82) is 0 Å². The lowest BCUT2D eigenvalue weighted by molar-refractivity contribution is -0.384. The fourth-order valence-electron chi connectivity index (χ4n) is 5.83. The third-order valence-electron chi connectivity index (χ3n) is 8.17. The molecule has 0 spiro atoms. The maximum atomic E-state index is 10.9. The Morgan fingerprint density at radius 3 is 1.83 bits per heavy atom. The largest absolute Gasteiger partial charge is 0.354 e. The summed E-state index contributed by atoms with van der Waals surface area (Å²) in [5.41, 5.74) is 7.30. The van der Waals surface area contributed by atoms with Gasteiger partial charge in [-0.15, -0.1) is 34.0 Å². The van der Waals surface area contributed by atoms with E-state index in [4.69, 9.17) is 13.6 Å². The van der Waals surface area contributed by atoms with Gasteiger partial charge in [0.15, 0.2) is 0 Å². The number of aromatic nitrogens is 2. The first-order chi connectivity index (χ1) is 28.3. The van der Waals surface area contributed by atoms with Crippen LogP contribution in [0.5, 0.6) is 0 Å². The molecule has 0 aliphatic rings. The van der Waals surface area contributed by atoms with Gasteiger partial charge in [-0.25, -0.2) is 0 Å². The van der Waals surface area contributed by atoms with Gasteiger partial charge in [0.25, 0.3) is 5.69 Å². The van der Waals surface area contributed by atoms with E-state index < -0.39 is 8.60 Å². The van der Waals surface area contributed by atoms with Gasteiger partial charge in [-0.3, -0.25) is 10.1 Å². The van der Waals surface area contributed by atoms with Crippen LogP contribution < -0.4 is 0 Å². The smallest absolute Gasteiger partial charge is 0.332 e. The van der Waals surface area contributed by atoms with E-state index in [0.29, 0.717) is 25.4 Å². The molecule has 0 unspecified atom stereocenters. The molecule has 59 heavy (non-hydrogen) atoms. The molecule has 5 aromatic heterocycles. The monoisotopic (exact) mass is 1000 g/mol. The van der Waals surface area contributed by atoms with Crippen LogP contribution in [0.1, 0.15) is 68.7 Å². The van der Waals surface area contributed by atoms with Crippen molar-refractivity contribution in [2.75, 3.05) is 19.8 Å². The zero-order chi connectivity index (χ0) is 43.8. The van der Waals surface area contributed by atoms with Crippen LogP contribution in [0.25, 0.3) is 52.7 Å². The van der Waals surface area contributed by atoms with E-state index in [0.717, 1.165) is 18.7 Å². The third kappa shape index (κ3) is 13.8. The molecule has 3 aromatic carbocycles. The highest BCUT2D eigenvalue weighted by molar-refractivity contribution is 9.10. The summed E-state index contributed by atoms with van der Waals surface area (Å²) in [6.07, 6.45) is 0. The number of aryl methyl sites for hydroxylation is 5. The number of halogens is 2. The second kappa shape index (κ2) is 25.1. The van der Waals surface area contributed by atoms with Gasteiger partial charge in [-0.2, -0.15) is 0 Å². The predicted molar refractivity (Wildman–Crippen MR) is 267 cm³/mol. The Morgan fingerprint density at radius 2 is 1.24 bits per heavy atom. The van der Waals surface area contributed by atoms with Crippen molar-refractivity contribution in [3.05, 3.63) is 118 Å². The number of nitrogens with zero attached hydrogens (tertiary/aromatic N) is 2. The van der Waals surface area contributed by atoms with Crippen molar-refractivity contribution in [2.45, 2.75) is 76.2 Å². The number of fused-ring (bicyclic) bond motifs is 6. The van der Waals surface area contributed by atoms with Crippen molar-refractivity contribution in [3.63, 3.8) is 0 Å². The molecular formula is C45H56Br2N3O5PS3. The molecule has 0 radical (unpaired) electrons. The van der Waals surface area contributed by atoms with Gasteiger partial charge >= 0.3 is 8.60 Å². The molecule has 0 fully saturated rings. The second-order valence-corrected chi connectivity index (χ2v) is 19.2.